The summed E-state index contributed by atoms with van der Waals surface area (Å²) < 4.78 is 0. The lowest BCUT2D eigenvalue weighted by Crippen LogP contribution is -2.28. The summed E-state index contributed by atoms with van der Waals surface area (Å²) in [7, 11) is 0. The molecule has 61 heavy (non-hydrogen) atoms. The minimum absolute atomic E-state index is 0.0903. The van der Waals surface area contributed by atoms with Gasteiger partial charge in [-0.25, -0.2) is 0 Å². The van der Waals surface area contributed by atoms with Gasteiger partial charge in [-0.3, -0.25) is 0 Å². The average Bonchev–Trinajstić information content (AvgIpc) is 3.73. The predicted octanol–water partition coefficient (Wildman–Crippen LogP) is 15.8. The van der Waals surface area contributed by atoms with Gasteiger partial charge in [0, 0.05) is 22.5 Å². The molecule has 0 aliphatic heterocycles. The third-order valence-corrected chi connectivity index (χ3v) is 13.5. The Morgan fingerprint density at radius 1 is 0.344 bits per heavy atom. The van der Waals surface area contributed by atoms with Crippen molar-refractivity contribution < 1.29 is 0 Å². The maximum atomic E-state index is 2.47. The van der Waals surface area contributed by atoms with Gasteiger partial charge in [0.15, 0.2) is 0 Å². The van der Waals surface area contributed by atoms with E-state index >= 15 is 0 Å². The number of anilines is 3. The first-order valence-electron chi connectivity index (χ1n) is 21.5. The number of fused-ring (bicyclic) bond motifs is 6. The van der Waals surface area contributed by atoms with E-state index in [2.05, 4.69) is 245 Å². The topological polar surface area (TPSA) is 3.24 Å². The van der Waals surface area contributed by atoms with E-state index in [1.165, 1.54) is 89.0 Å². The van der Waals surface area contributed by atoms with Gasteiger partial charge >= 0.3 is 0 Å². The Hall–Kier alpha value is -7.22. The average molecular weight is 782 g/mol. The molecule has 0 aromatic heterocycles. The first kappa shape index (κ1) is 36.8. The van der Waals surface area contributed by atoms with Crippen LogP contribution in [-0.2, 0) is 10.8 Å². The van der Waals surface area contributed by atoms with Crippen LogP contribution in [0.2, 0.25) is 0 Å². The van der Waals surface area contributed by atoms with Crippen molar-refractivity contribution in [1.29, 1.82) is 0 Å². The van der Waals surface area contributed by atoms with Crippen LogP contribution in [0.3, 0.4) is 0 Å². The number of hydrogen-bond donors (Lipinski definition) is 0. The van der Waals surface area contributed by atoms with Crippen molar-refractivity contribution in [2.24, 2.45) is 0 Å². The van der Waals surface area contributed by atoms with Crippen LogP contribution >= 0.6 is 0 Å². The maximum Gasteiger partial charge on any atom is 0.0714 e. The highest BCUT2D eigenvalue weighted by Gasteiger charge is 2.46. The number of benzene rings is 9. The molecule has 0 N–H and O–H groups in total. The zero-order chi connectivity index (χ0) is 41.3. The lowest BCUT2D eigenvalue weighted by atomic mass is 9.67. The molecular formula is C60H47N. The third kappa shape index (κ3) is 5.76. The van der Waals surface area contributed by atoms with E-state index in [1.54, 1.807) is 0 Å². The van der Waals surface area contributed by atoms with Crippen molar-refractivity contribution >= 4 is 17.1 Å². The standard InChI is InChI=1S/C60H47N/c1-40-35-41(2)58-54(36-40)53-39-50(33-34-55(53)59(58,3)4)61(48-31-29-43(30-32-48)45-20-15-19-44(37-45)42-17-7-5-8-18-42)49-24-16-23-47(38-49)60(46-21-9-6-10-22-46)56-27-13-11-25-51(56)52-26-12-14-28-57(52)60/h5-39H,1-4H3. The van der Waals surface area contributed by atoms with E-state index in [1.807, 2.05) is 0 Å². The van der Waals surface area contributed by atoms with Gasteiger partial charge in [0.1, 0.15) is 0 Å². The van der Waals surface area contributed by atoms with Gasteiger partial charge in [0.25, 0.3) is 0 Å². The van der Waals surface area contributed by atoms with Gasteiger partial charge in [0.05, 0.1) is 5.41 Å². The van der Waals surface area contributed by atoms with Crippen LogP contribution in [0.15, 0.2) is 212 Å². The molecule has 9 aromatic carbocycles. The van der Waals surface area contributed by atoms with Crippen molar-refractivity contribution in [3.63, 3.8) is 0 Å². The molecule has 0 radical (unpaired) electrons. The second-order valence-corrected chi connectivity index (χ2v) is 17.4. The summed E-state index contributed by atoms with van der Waals surface area (Å²) in [5, 5.41) is 0. The number of rotatable bonds is 7. The van der Waals surface area contributed by atoms with Gasteiger partial charge < -0.3 is 4.90 Å². The summed E-state index contributed by atoms with van der Waals surface area (Å²) in [4.78, 5) is 2.47. The SMILES string of the molecule is Cc1cc(C)c2c(c1)-c1cc(N(c3ccc(-c4cccc(-c5ccccc5)c4)cc3)c3cccc(C4(c5ccccc5)c5ccccc5-c5ccccc54)c3)ccc1C2(C)C. The Morgan fingerprint density at radius 3 is 1.57 bits per heavy atom. The van der Waals surface area contributed by atoms with Crippen molar-refractivity contribution in [3.05, 3.63) is 257 Å². The van der Waals surface area contributed by atoms with Gasteiger partial charge in [-0.05, 0) is 140 Å². The molecule has 1 heteroatoms. The first-order valence-corrected chi connectivity index (χ1v) is 21.5. The van der Waals surface area contributed by atoms with Gasteiger partial charge in [-0.15, -0.1) is 0 Å². The Balaban J connectivity index is 1.11. The molecule has 11 rings (SSSR count). The fourth-order valence-corrected chi connectivity index (χ4v) is 10.9. The Morgan fingerprint density at radius 2 is 0.885 bits per heavy atom. The Bertz CT molecular complexity index is 3070. The second kappa shape index (κ2) is 14.2. The number of hydrogen-bond acceptors (Lipinski definition) is 1. The largest absolute Gasteiger partial charge is 0.310 e. The minimum atomic E-state index is -0.500. The van der Waals surface area contributed by atoms with Crippen LogP contribution in [0.1, 0.15) is 58.4 Å². The summed E-state index contributed by atoms with van der Waals surface area (Å²) in [5.74, 6) is 0. The van der Waals surface area contributed by atoms with Crippen LogP contribution in [0.4, 0.5) is 17.1 Å². The van der Waals surface area contributed by atoms with Crippen molar-refractivity contribution in [2.75, 3.05) is 4.90 Å². The van der Waals surface area contributed by atoms with E-state index in [9.17, 15) is 0 Å². The molecule has 0 atom stereocenters. The molecule has 0 fully saturated rings. The van der Waals surface area contributed by atoms with Crippen LogP contribution in [0.25, 0.3) is 44.5 Å². The molecule has 0 unspecified atom stereocenters. The van der Waals surface area contributed by atoms with Crippen molar-refractivity contribution in [1.82, 2.24) is 0 Å². The lowest BCUT2D eigenvalue weighted by Gasteiger charge is -2.35. The van der Waals surface area contributed by atoms with E-state index in [-0.39, 0.29) is 5.41 Å². The molecule has 0 spiro atoms. The highest BCUT2D eigenvalue weighted by molar-refractivity contribution is 5.90. The van der Waals surface area contributed by atoms with Gasteiger partial charge in [-0.1, -0.05) is 189 Å². The van der Waals surface area contributed by atoms with E-state index in [0.717, 1.165) is 17.1 Å². The van der Waals surface area contributed by atoms with Crippen LogP contribution < -0.4 is 4.90 Å². The van der Waals surface area contributed by atoms with E-state index < -0.39 is 5.41 Å². The number of aryl methyl sites for hydroxylation is 2. The van der Waals surface area contributed by atoms with Crippen molar-refractivity contribution in [3.8, 4) is 44.5 Å². The molecule has 2 aliphatic carbocycles. The Kier molecular flexibility index (Phi) is 8.58. The maximum absolute atomic E-state index is 2.47. The summed E-state index contributed by atoms with van der Waals surface area (Å²) in [6.45, 7) is 9.26. The molecule has 1 nitrogen and oxygen atoms in total. The summed E-state index contributed by atoms with van der Waals surface area (Å²) in [6.07, 6.45) is 0. The zero-order valence-electron chi connectivity index (χ0n) is 35.2. The van der Waals surface area contributed by atoms with E-state index in [0.29, 0.717) is 0 Å². The summed E-state index contributed by atoms with van der Waals surface area (Å²) in [6, 6.07) is 79.0. The highest BCUT2D eigenvalue weighted by Crippen LogP contribution is 2.57. The molecule has 0 bridgehead atoms. The molecule has 0 heterocycles. The third-order valence-electron chi connectivity index (χ3n) is 13.5. The first-order chi connectivity index (χ1) is 29.8. The molecule has 9 aromatic rings. The molecule has 2 aliphatic rings. The van der Waals surface area contributed by atoms with E-state index in [4.69, 9.17) is 0 Å². The lowest BCUT2D eigenvalue weighted by molar-refractivity contribution is 0.655. The highest BCUT2D eigenvalue weighted by atomic mass is 15.1. The molecule has 0 saturated heterocycles. The fourth-order valence-electron chi connectivity index (χ4n) is 10.9. The monoisotopic (exact) mass is 781 g/mol. The summed E-state index contributed by atoms with van der Waals surface area (Å²) >= 11 is 0. The quantitative estimate of drug-likeness (QED) is 0.156. The van der Waals surface area contributed by atoms with Crippen LogP contribution in [0.5, 0.6) is 0 Å². The van der Waals surface area contributed by atoms with Crippen LogP contribution in [0, 0.1) is 13.8 Å². The molecule has 292 valence electrons. The minimum Gasteiger partial charge on any atom is -0.310 e. The molecular weight excluding hydrogens is 735 g/mol. The predicted molar refractivity (Wildman–Crippen MR) is 256 cm³/mol. The number of nitrogens with zero attached hydrogens (tertiary/aromatic N) is 1. The van der Waals surface area contributed by atoms with Crippen molar-refractivity contribution in [2.45, 2.75) is 38.5 Å². The normalized spacial score (nSPS) is 13.8. The smallest absolute Gasteiger partial charge is 0.0714 e. The zero-order valence-corrected chi connectivity index (χ0v) is 35.2. The van der Waals surface area contributed by atoms with Crippen LogP contribution in [-0.4, -0.2) is 0 Å². The fraction of sp³-hybridized carbons (Fsp3) is 0.100. The second-order valence-electron chi connectivity index (χ2n) is 17.4. The van der Waals surface area contributed by atoms with Gasteiger partial charge in [-0.2, -0.15) is 0 Å². The van der Waals surface area contributed by atoms with Gasteiger partial charge in [0.2, 0.25) is 0 Å². The molecule has 0 amide bonds. The molecule has 0 saturated carbocycles. The summed E-state index contributed by atoms with van der Waals surface area (Å²) in [5.41, 5.74) is 23.5. The Labute approximate surface area is 360 Å².